The van der Waals surface area contributed by atoms with Gasteiger partial charge in [0.1, 0.15) is 0 Å². The van der Waals surface area contributed by atoms with E-state index in [1.165, 1.54) is 19.3 Å². The SMILES string of the molecule is CCCC[O][Hf][C]1=CC=CC1.Cl. The Morgan fingerprint density at radius 2 is 2.42 bits per heavy atom. The van der Waals surface area contributed by atoms with Crippen LogP contribution >= 0.6 is 12.4 Å². The summed E-state index contributed by atoms with van der Waals surface area (Å²) in [6.45, 7) is 3.20. The molecule has 1 nitrogen and oxygen atoms in total. The molecule has 68 valence electrons. The Kier molecular flexibility index (Phi) is 8.62. The molecule has 0 amide bonds. The van der Waals surface area contributed by atoms with E-state index >= 15 is 0 Å². The zero-order chi connectivity index (χ0) is 7.94. The molecule has 0 aliphatic heterocycles. The standard InChI is InChI=1S/C5H5.C4H9O.ClH.Hf/c1-2-4-5-3-1;1-2-3-4-5;;/h1-3H,4H2;2-4H2,1H3;1H;/q;-1;;+1. The first kappa shape index (κ1) is 12.6. The smallest absolute Gasteiger partial charge is 0.147 e. The third-order valence-electron chi connectivity index (χ3n) is 1.57. The topological polar surface area (TPSA) is 9.23 Å². The minimum Gasteiger partial charge on any atom is -0.147 e. The van der Waals surface area contributed by atoms with Crippen LogP contribution in [0, 0.1) is 0 Å². The van der Waals surface area contributed by atoms with Crippen molar-refractivity contribution in [2.24, 2.45) is 0 Å². The van der Waals surface area contributed by atoms with Crippen molar-refractivity contribution in [2.75, 3.05) is 6.61 Å². The molecule has 0 saturated carbocycles. The van der Waals surface area contributed by atoms with Gasteiger partial charge >= 0.3 is 80.5 Å². The second-order valence-corrected chi connectivity index (χ2v) is 6.71. The summed E-state index contributed by atoms with van der Waals surface area (Å²) in [4.78, 5) is 0. The van der Waals surface area contributed by atoms with Gasteiger partial charge in [-0.1, -0.05) is 0 Å². The number of allylic oxidation sites excluding steroid dienone is 4. The summed E-state index contributed by atoms with van der Waals surface area (Å²) >= 11 is -0.798. The van der Waals surface area contributed by atoms with Gasteiger partial charge in [0.25, 0.3) is 0 Å². The van der Waals surface area contributed by atoms with Crippen LogP contribution in [0.4, 0.5) is 0 Å². The molecule has 12 heavy (non-hydrogen) atoms. The summed E-state index contributed by atoms with van der Waals surface area (Å²) in [7, 11) is 0. The Hall–Kier alpha value is 0.600. The van der Waals surface area contributed by atoms with Gasteiger partial charge in [-0.25, -0.2) is 0 Å². The van der Waals surface area contributed by atoms with Crippen LogP contribution in [0.1, 0.15) is 26.2 Å². The molecule has 0 aromatic rings. The van der Waals surface area contributed by atoms with Crippen molar-refractivity contribution in [1.29, 1.82) is 0 Å². The maximum Gasteiger partial charge on any atom is -0.147 e. The minimum atomic E-state index is -0.798. The van der Waals surface area contributed by atoms with E-state index in [-0.39, 0.29) is 12.4 Å². The van der Waals surface area contributed by atoms with Crippen molar-refractivity contribution in [3.8, 4) is 0 Å². The fourth-order valence-electron chi connectivity index (χ4n) is 0.883. The Balaban J connectivity index is 0.00000121. The fraction of sp³-hybridized carbons (Fsp3) is 0.556. The summed E-state index contributed by atoms with van der Waals surface area (Å²) < 4.78 is 7.24. The van der Waals surface area contributed by atoms with Crippen molar-refractivity contribution in [2.45, 2.75) is 26.2 Å². The van der Waals surface area contributed by atoms with Gasteiger partial charge in [0, 0.05) is 0 Å². The van der Waals surface area contributed by atoms with Crippen LogP contribution in [0.5, 0.6) is 0 Å². The van der Waals surface area contributed by atoms with Crippen LogP contribution in [0.25, 0.3) is 0 Å². The van der Waals surface area contributed by atoms with E-state index in [9.17, 15) is 0 Å². The molecule has 0 unspecified atom stereocenters. The molecule has 0 bridgehead atoms. The first-order chi connectivity index (χ1) is 5.43. The molecule has 0 saturated heterocycles. The van der Waals surface area contributed by atoms with Crippen LogP contribution < -0.4 is 0 Å². The molecule has 1 aliphatic rings. The molecule has 1 rings (SSSR count). The predicted molar refractivity (Wildman–Crippen MR) is 49.9 cm³/mol. The van der Waals surface area contributed by atoms with Gasteiger partial charge in [-0.2, -0.15) is 0 Å². The number of hydrogen-bond donors (Lipinski definition) is 0. The zero-order valence-electron chi connectivity index (χ0n) is 7.38. The van der Waals surface area contributed by atoms with Crippen LogP contribution in [-0.2, 0) is 26.2 Å². The molecular formula is C9H15ClHfO. The van der Waals surface area contributed by atoms with Gasteiger partial charge in [-0.15, -0.1) is 12.4 Å². The van der Waals surface area contributed by atoms with Crippen molar-refractivity contribution in [3.63, 3.8) is 0 Å². The molecule has 0 spiro atoms. The number of unbranched alkanes of at least 4 members (excludes halogenated alkanes) is 1. The summed E-state index contributed by atoms with van der Waals surface area (Å²) in [6.07, 6.45) is 10.2. The normalized spacial score (nSPS) is 13.9. The summed E-state index contributed by atoms with van der Waals surface area (Å²) in [5, 5.41) is 0. The maximum absolute atomic E-state index is 5.64. The van der Waals surface area contributed by atoms with Crippen LogP contribution in [0.15, 0.2) is 21.6 Å². The number of halogens is 1. The Morgan fingerprint density at radius 3 is 3.00 bits per heavy atom. The second-order valence-electron chi connectivity index (χ2n) is 2.63. The second kappa shape index (κ2) is 8.21. The zero-order valence-corrected chi connectivity index (χ0v) is 11.8. The molecule has 3 heteroatoms. The predicted octanol–water partition coefficient (Wildman–Crippen LogP) is 3.07. The van der Waals surface area contributed by atoms with Gasteiger partial charge in [0.05, 0.1) is 0 Å². The Bertz CT molecular complexity index is 166. The molecular weight excluding hydrogens is 338 g/mol. The number of rotatable bonds is 5. The molecule has 0 fully saturated rings. The fourth-order valence-corrected chi connectivity index (χ4v) is 3.75. The molecule has 0 radical (unpaired) electrons. The summed E-state index contributed by atoms with van der Waals surface area (Å²) in [6, 6.07) is 0. The first-order valence-corrected chi connectivity index (χ1v) is 7.43. The van der Waals surface area contributed by atoms with Crippen molar-refractivity contribution in [3.05, 3.63) is 21.6 Å². The summed E-state index contributed by atoms with van der Waals surface area (Å²) in [5.41, 5.74) is 0. The van der Waals surface area contributed by atoms with E-state index in [0.717, 1.165) is 6.61 Å². The average molecular weight is 353 g/mol. The van der Waals surface area contributed by atoms with E-state index in [0.29, 0.717) is 0 Å². The number of hydrogen-bond acceptors (Lipinski definition) is 1. The van der Waals surface area contributed by atoms with E-state index < -0.39 is 23.3 Å². The quantitative estimate of drug-likeness (QED) is 0.545. The van der Waals surface area contributed by atoms with Crippen molar-refractivity contribution < 1.29 is 26.2 Å². The summed E-state index contributed by atoms with van der Waals surface area (Å²) in [5.74, 6) is 0. The minimum absolute atomic E-state index is 0. The molecule has 0 aromatic heterocycles. The van der Waals surface area contributed by atoms with E-state index in [1.54, 1.807) is 3.33 Å². The third-order valence-corrected chi connectivity index (χ3v) is 5.10. The van der Waals surface area contributed by atoms with E-state index in [4.69, 9.17) is 2.85 Å². The van der Waals surface area contributed by atoms with Gasteiger partial charge in [0.15, 0.2) is 0 Å². The van der Waals surface area contributed by atoms with Crippen molar-refractivity contribution in [1.82, 2.24) is 0 Å². The molecule has 0 atom stereocenters. The molecule has 1 aliphatic carbocycles. The largest absolute Gasteiger partial charge is 0.147 e. The van der Waals surface area contributed by atoms with E-state index in [1.807, 2.05) is 0 Å². The van der Waals surface area contributed by atoms with E-state index in [2.05, 4.69) is 25.2 Å². The Morgan fingerprint density at radius 1 is 1.58 bits per heavy atom. The van der Waals surface area contributed by atoms with Crippen molar-refractivity contribution >= 4 is 12.4 Å². The van der Waals surface area contributed by atoms with Gasteiger partial charge < -0.3 is 0 Å². The van der Waals surface area contributed by atoms with Gasteiger partial charge in [0.2, 0.25) is 0 Å². The van der Waals surface area contributed by atoms with Gasteiger partial charge in [-0.05, 0) is 0 Å². The molecule has 0 aromatic carbocycles. The van der Waals surface area contributed by atoms with Crippen LogP contribution in [0.3, 0.4) is 0 Å². The van der Waals surface area contributed by atoms with Gasteiger partial charge in [-0.3, -0.25) is 0 Å². The third kappa shape index (κ3) is 5.28. The van der Waals surface area contributed by atoms with Crippen LogP contribution in [0.2, 0.25) is 0 Å². The monoisotopic (exact) mass is 354 g/mol. The Labute approximate surface area is 92.6 Å². The van der Waals surface area contributed by atoms with Crippen LogP contribution in [-0.4, -0.2) is 6.61 Å². The average Bonchev–Trinajstić information content (AvgIpc) is 2.50. The first-order valence-electron chi connectivity index (χ1n) is 4.17. The molecule has 0 heterocycles. The molecule has 0 N–H and O–H groups in total. The maximum atomic E-state index is 5.64.